The molecule has 0 radical (unpaired) electrons. The lowest BCUT2D eigenvalue weighted by molar-refractivity contribution is 1.56. The molecule has 0 aliphatic carbocycles. The van der Waals surface area contributed by atoms with Gasteiger partial charge in [-0.25, -0.2) is 5.26 Å². The van der Waals surface area contributed by atoms with Crippen LogP contribution in [-0.4, -0.2) is 7.00 Å². The van der Waals surface area contributed by atoms with E-state index in [1.807, 2.05) is 5.97 Å². The van der Waals surface area contributed by atoms with Crippen molar-refractivity contribution in [1.82, 2.24) is 0 Å². The van der Waals surface area contributed by atoms with Crippen molar-refractivity contribution in [1.29, 1.82) is 5.26 Å². The van der Waals surface area contributed by atoms with Crippen molar-refractivity contribution in [2.75, 3.05) is 0 Å². The monoisotopic (exact) mass is 116 g/mol. The highest BCUT2D eigenvalue weighted by atomic mass is 31.1. The van der Waals surface area contributed by atoms with Crippen molar-refractivity contribution in [2.24, 2.45) is 4.52 Å². The molecule has 0 aromatic carbocycles. The number of nitrogens with zero attached hydrogens (tertiary/aromatic N) is 2. The predicted octanol–water partition coefficient (Wildman–Crippen LogP) is 0.739. The molecular formula is CH3BN2P2. The summed E-state index contributed by atoms with van der Waals surface area (Å²) < 4.78 is 3.59. The van der Waals surface area contributed by atoms with Gasteiger partial charge >= 0.3 is 7.00 Å². The van der Waals surface area contributed by atoms with Gasteiger partial charge in [-0.15, -0.1) is 0 Å². The summed E-state index contributed by atoms with van der Waals surface area (Å²) in [6.45, 7) is 0.503. The van der Waals surface area contributed by atoms with E-state index in [9.17, 15) is 0 Å². The van der Waals surface area contributed by atoms with Crippen LogP contribution in [0.3, 0.4) is 0 Å². The zero-order valence-electron chi connectivity index (χ0n) is 3.13. The molecule has 0 N–H and O–H groups in total. The van der Waals surface area contributed by atoms with Crippen LogP contribution in [0.15, 0.2) is 4.52 Å². The van der Waals surface area contributed by atoms with E-state index >= 15 is 0 Å². The van der Waals surface area contributed by atoms with Crippen molar-refractivity contribution in [2.45, 2.75) is 0 Å². The zero-order chi connectivity index (χ0) is 4.83. The fraction of sp³-hybridized carbons (Fsp3) is 0. The Labute approximate surface area is 41.3 Å². The standard InChI is InChI=1S/CH3BN2P2/c3-1-2-6-4-5/h2H,5H2. The summed E-state index contributed by atoms with van der Waals surface area (Å²) >= 11 is 0. The Morgan fingerprint density at radius 3 is 2.83 bits per heavy atom. The molecule has 2 nitrogen and oxygen atoms in total. The fourth-order valence-electron chi connectivity index (χ4n) is 0.0724. The summed E-state index contributed by atoms with van der Waals surface area (Å²) in [5.74, 6) is 1.95. The number of hydrogen-bond acceptors (Lipinski definition) is 2. The molecule has 0 saturated heterocycles. The number of hydrogen-bond donors (Lipinski definition) is 0. The Kier molecular flexibility index (Phi) is 5.16. The third kappa shape index (κ3) is 4.08. The van der Waals surface area contributed by atoms with Gasteiger partial charge in [-0.2, -0.15) is 0 Å². The second-order valence-electron chi connectivity index (χ2n) is 0.573. The van der Waals surface area contributed by atoms with E-state index in [1.165, 1.54) is 0 Å². The molecule has 0 heterocycles. The molecule has 0 saturated carbocycles. The van der Waals surface area contributed by atoms with Crippen LogP contribution in [0.1, 0.15) is 0 Å². The summed E-state index contributed by atoms with van der Waals surface area (Å²) in [6, 6.07) is 0. The molecule has 1 unspecified atom stereocenters. The van der Waals surface area contributed by atoms with Crippen molar-refractivity contribution >= 4 is 24.6 Å². The predicted molar refractivity (Wildman–Crippen MR) is 31.8 cm³/mol. The van der Waals surface area contributed by atoms with E-state index in [0.717, 1.165) is 8.25 Å². The van der Waals surface area contributed by atoms with E-state index in [0.29, 0.717) is 7.00 Å². The van der Waals surface area contributed by atoms with Gasteiger partial charge in [-0.1, -0.05) is 0 Å². The third-order valence-corrected chi connectivity index (χ3v) is 1.16. The third-order valence-electron chi connectivity index (χ3n) is 0.223. The lowest BCUT2D eigenvalue weighted by atomic mass is 10.2. The minimum Gasteiger partial charge on any atom is -0.262 e. The molecule has 0 spiro atoms. The molecule has 0 aromatic rings. The Balaban J connectivity index is 2.92. The Morgan fingerprint density at radius 1 is 2.00 bits per heavy atom. The first kappa shape index (κ1) is 6.08. The minimum absolute atomic E-state index is 0.503. The van der Waals surface area contributed by atoms with E-state index in [1.54, 1.807) is 0 Å². The molecule has 0 bridgehead atoms. The molecule has 0 aromatic heterocycles. The maximum atomic E-state index is 7.87. The molecule has 0 aliphatic heterocycles. The zero-order valence-corrected chi connectivity index (χ0v) is 5.18. The SMILES string of the molecule is N#CB/P=N/P. The minimum atomic E-state index is 0.503. The van der Waals surface area contributed by atoms with Gasteiger partial charge in [0.15, 0.2) is 0 Å². The van der Waals surface area contributed by atoms with Crippen molar-refractivity contribution in [3.63, 3.8) is 0 Å². The fourth-order valence-corrected chi connectivity index (χ4v) is 0.462. The second kappa shape index (κ2) is 5.08. The van der Waals surface area contributed by atoms with Crippen molar-refractivity contribution in [3.05, 3.63) is 0 Å². The van der Waals surface area contributed by atoms with E-state index in [-0.39, 0.29) is 0 Å². The summed E-state index contributed by atoms with van der Waals surface area (Å²) in [4.78, 5) is 0. The molecule has 6 heavy (non-hydrogen) atoms. The molecule has 5 heteroatoms. The lowest BCUT2D eigenvalue weighted by Gasteiger charge is -1.59. The molecule has 1 atom stereocenters. The van der Waals surface area contributed by atoms with Gasteiger partial charge in [-0.3, -0.25) is 4.52 Å². The van der Waals surface area contributed by atoms with Crippen molar-refractivity contribution in [3.8, 4) is 5.97 Å². The Bertz CT molecular complexity index is 84.0. The lowest BCUT2D eigenvalue weighted by Crippen LogP contribution is -1.59. The maximum absolute atomic E-state index is 7.87. The second-order valence-corrected chi connectivity index (χ2v) is 2.10. The highest BCUT2D eigenvalue weighted by molar-refractivity contribution is 7.66. The van der Waals surface area contributed by atoms with Crippen LogP contribution in [0.25, 0.3) is 0 Å². The summed E-state index contributed by atoms with van der Waals surface area (Å²) in [5.41, 5.74) is 0. The summed E-state index contributed by atoms with van der Waals surface area (Å²) in [7, 11) is 3.03. The first-order valence-corrected chi connectivity index (χ1v) is 2.90. The van der Waals surface area contributed by atoms with Crippen LogP contribution in [0.5, 0.6) is 0 Å². The number of nitriles is 1. The first-order chi connectivity index (χ1) is 2.91. The average Bonchev–Trinajstić information content (AvgIpc) is 1.61. The smallest absolute Gasteiger partial charge is 0.262 e. The van der Waals surface area contributed by atoms with Crippen LogP contribution in [0.4, 0.5) is 0 Å². The largest absolute Gasteiger partial charge is 0.331 e. The van der Waals surface area contributed by atoms with Crippen molar-refractivity contribution < 1.29 is 0 Å². The van der Waals surface area contributed by atoms with E-state index < -0.39 is 0 Å². The normalized spacial score (nSPS) is 8.00. The quantitative estimate of drug-likeness (QED) is 0.367. The summed E-state index contributed by atoms with van der Waals surface area (Å²) in [5, 5.41) is 7.87. The van der Waals surface area contributed by atoms with Gasteiger partial charge in [0, 0.05) is 5.97 Å². The van der Waals surface area contributed by atoms with Gasteiger partial charge in [0.25, 0.3) is 0 Å². The van der Waals surface area contributed by atoms with Crippen LogP contribution in [0.2, 0.25) is 0 Å². The highest BCUT2D eigenvalue weighted by Gasteiger charge is 1.71. The Hall–Kier alpha value is 0.0849. The highest BCUT2D eigenvalue weighted by Crippen LogP contribution is 1.98. The average molecular weight is 116 g/mol. The maximum Gasteiger partial charge on any atom is 0.331 e. The van der Waals surface area contributed by atoms with E-state index in [2.05, 4.69) is 13.9 Å². The van der Waals surface area contributed by atoms with Gasteiger partial charge < -0.3 is 0 Å². The summed E-state index contributed by atoms with van der Waals surface area (Å²) in [6.07, 6.45) is 0. The van der Waals surface area contributed by atoms with Crippen LogP contribution < -0.4 is 0 Å². The van der Waals surface area contributed by atoms with E-state index in [4.69, 9.17) is 5.26 Å². The van der Waals surface area contributed by atoms with Crippen LogP contribution >= 0.6 is 17.6 Å². The molecule has 0 fully saturated rings. The van der Waals surface area contributed by atoms with Crippen LogP contribution in [-0.2, 0) is 0 Å². The topological polar surface area (TPSA) is 36.1 Å². The van der Waals surface area contributed by atoms with Gasteiger partial charge in [-0.05, 0) is 17.6 Å². The Morgan fingerprint density at radius 2 is 2.67 bits per heavy atom. The van der Waals surface area contributed by atoms with Gasteiger partial charge in [0.2, 0.25) is 0 Å². The van der Waals surface area contributed by atoms with Crippen LogP contribution in [0, 0.1) is 11.2 Å². The first-order valence-electron chi connectivity index (χ1n) is 1.35. The molecular weight excluding hydrogens is 113 g/mol. The molecule has 0 amide bonds. The number of rotatable bonds is 1. The molecule has 0 aliphatic rings. The van der Waals surface area contributed by atoms with Gasteiger partial charge in [0.1, 0.15) is 0 Å². The molecule has 30 valence electrons. The van der Waals surface area contributed by atoms with Gasteiger partial charge in [0.05, 0.1) is 0 Å². The molecule has 0 rings (SSSR count).